The predicted molar refractivity (Wildman–Crippen MR) is 123 cm³/mol. The minimum Gasteiger partial charge on any atom is -0.497 e. The van der Waals surface area contributed by atoms with E-state index in [9.17, 15) is 9.90 Å². The van der Waals surface area contributed by atoms with Gasteiger partial charge in [0.1, 0.15) is 17.2 Å². The molecule has 1 fully saturated rings. The fraction of sp³-hybridized carbons (Fsp3) is 0.333. The van der Waals surface area contributed by atoms with Gasteiger partial charge >= 0.3 is 0 Å². The normalized spacial score (nSPS) is 17.2. The van der Waals surface area contributed by atoms with Gasteiger partial charge in [-0.3, -0.25) is 4.79 Å². The molecule has 1 saturated heterocycles. The maximum atomic E-state index is 13.3. The van der Waals surface area contributed by atoms with Gasteiger partial charge in [0.05, 0.1) is 31.7 Å². The fourth-order valence-electron chi connectivity index (χ4n) is 4.45. The first-order valence-electron chi connectivity index (χ1n) is 10.7. The summed E-state index contributed by atoms with van der Waals surface area (Å²) in [6.45, 7) is 2.07. The summed E-state index contributed by atoms with van der Waals surface area (Å²) in [5, 5.41) is 18.0. The molecule has 2 aromatic carbocycles. The van der Waals surface area contributed by atoms with Crippen molar-refractivity contribution in [2.24, 2.45) is 0 Å². The highest BCUT2D eigenvalue weighted by Crippen LogP contribution is 2.34. The molecule has 0 spiro atoms. The van der Waals surface area contributed by atoms with Crippen molar-refractivity contribution < 1.29 is 14.6 Å². The van der Waals surface area contributed by atoms with E-state index >= 15 is 0 Å². The Morgan fingerprint density at radius 1 is 1.09 bits per heavy atom. The Hall–Kier alpha value is -3.52. The van der Waals surface area contributed by atoms with Gasteiger partial charge in [-0.15, -0.1) is 0 Å². The topological polar surface area (TPSA) is 88.8 Å². The molecule has 3 aromatic rings. The molecular weight excluding hydrogens is 408 g/mol. The number of anilines is 2. The van der Waals surface area contributed by atoms with Crippen molar-refractivity contribution in [2.45, 2.75) is 18.9 Å². The van der Waals surface area contributed by atoms with Crippen LogP contribution in [0.3, 0.4) is 0 Å². The lowest BCUT2D eigenvalue weighted by Crippen LogP contribution is -2.25. The number of aromatic nitrogens is 2. The van der Waals surface area contributed by atoms with Gasteiger partial charge in [-0.2, -0.15) is 9.78 Å². The number of nitrogens with zero attached hydrogens (tertiary/aromatic N) is 3. The molecule has 32 heavy (non-hydrogen) atoms. The molecule has 8 nitrogen and oxygen atoms in total. The van der Waals surface area contributed by atoms with Crippen LogP contribution in [0.4, 0.5) is 11.4 Å². The smallest absolute Gasteiger partial charge is 0.295 e. The molecule has 1 aromatic heterocycles. The Kier molecular flexibility index (Phi) is 5.22. The number of hydrogen-bond donors (Lipinski definition) is 2. The molecule has 0 aliphatic carbocycles. The number of benzene rings is 2. The molecule has 3 heterocycles. The van der Waals surface area contributed by atoms with Crippen LogP contribution >= 0.6 is 0 Å². The first-order valence-corrected chi connectivity index (χ1v) is 10.7. The highest BCUT2D eigenvalue weighted by atomic mass is 16.5. The fourth-order valence-corrected chi connectivity index (χ4v) is 4.45. The van der Waals surface area contributed by atoms with Crippen LogP contribution in [-0.2, 0) is 6.42 Å². The van der Waals surface area contributed by atoms with Crippen LogP contribution in [0.2, 0.25) is 0 Å². The highest BCUT2D eigenvalue weighted by molar-refractivity contribution is 5.74. The van der Waals surface area contributed by atoms with E-state index < -0.39 is 0 Å². The summed E-state index contributed by atoms with van der Waals surface area (Å²) in [7, 11) is 3.22. The number of methoxy groups -OCH3 is 2. The predicted octanol–water partition coefficient (Wildman–Crippen LogP) is 2.46. The van der Waals surface area contributed by atoms with E-state index in [1.54, 1.807) is 14.2 Å². The zero-order valence-electron chi connectivity index (χ0n) is 18.2. The van der Waals surface area contributed by atoms with E-state index in [4.69, 9.17) is 14.6 Å². The number of aliphatic hydroxyl groups excluding tert-OH is 1. The lowest BCUT2D eigenvalue weighted by Gasteiger charge is -2.19. The van der Waals surface area contributed by atoms with Crippen LogP contribution in [0.15, 0.2) is 47.3 Å². The number of rotatable bonds is 5. The van der Waals surface area contributed by atoms with E-state index in [1.165, 1.54) is 4.68 Å². The zero-order chi connectivity index (χ0) is 22.2. The van der Waals surface area contributed by atoms with Crippen LogP contribution in [0.5, 0.6) is 11.5 Å². The monoisotopic (exact) mass is 434 g/mol. The molecule has 0 amide bonds. The van der Waals surface area contributed by atoms with Crippen molar-refractivity contribution in [3.63, 3.8) is 0 Å². The van der Waals surface area contributed by atoms with E-state index in [2.05, 4.69) is 10.2 Å². The Labute approximate surface area is 186 Å². The quantitative estimate of drug-likeness (QED) is 0.638. The lowest BCUT2D eigenvalue weighted by atomic mass is 10.0. The van der Waals surface area contributed by atoms with E-state index in [-0.39, 0.29) is 11.7 Å². The van der Waals surface area contributed by atoms with E-state index in [0.29, 0.717) is 36.0 Å². The Bertz CT molecular complexity index is 1200. The number of β-amino-alcohol motifs (C(OH)–C–C–N with tert-alkyl or cyclic N) is 1. The minimum atomic E-state index is -0.321. The van der Waals surface area contributed by atoms with Gasteiger partial charge in [-0.25, -0.2) is 0 Å². The van der Waals surface area contributed by atoms with Gasteiger partial charge in [0.15, 0.2) is 0 Å². The number of nitrogens with one attached hydrogen (secondary N) is 1. The second kappa shape index (κ2) is 8.20. The molecule has 5 rings (SSSR count). The van der Waals surface area contributed by atoms with Crippen LogP contribution in [0, 0.1) is 0 Å². The SMILES string of the molecule is COc1cc(OC)cc(-c2nn(-c3cccc(N4CC[C@H](O)C4)c3)c(=O)c3c2CCN3)c1. The third-order valence-electron chi connectivity index (χ3n) is 6.10. The Morgan fingerprint density at radius 2 is 1.84 bits per heavy atom. The van der Waals surface area contributed by atoms with Crippen molar-refractivity contribution in [1.29, 1.82) is 0 Å². The van der Waals surface area contributed by atoms with Crippen LogP contribution in [0.25, 0.3) is 16.9 Å². The van der Waals surface area contributed by atoms with Crippen molar-refractivity contribution in [3.8, 4) is 28.4 Å². The zero-order valence-corrected chi connectivity index (χ0v) is 18.2. The molecule has 0 radical (unpaired) electrons. The van der Waals surface area contributed by atoms with Crippen LogP contribution in [-0.4, -0.2) is 54.8 Å². The molecule has 0 saturated carbocycles. The summed E-state index contributed by atoms with van der Waals surface area (Å²) < 4.78 is 12.3. The minimum absolute atomic E-state index is 0.172. The third kappa shape index (κ3) is 3.56. The van der Waals surface area contributed by atoms with Crippen molar-refractivity contribution in [3.05, 3.63) is 58.4 Å². The van der Waals surface area contributed by atoms with Gasteiger partial charge in [0, 0.05) is 42.5 Å². The number of aliphatic hydroxyl groups is 1. The highest BCUT2D eigenvalue weighted by Gasteiger charge is 2.25. The first kappa shape index (κ1) is 20.4. The average molecular weight is 434 g/mol. The maximum Gasteiger partial charge on any atom is 0.295 e. The van der Waals surface area contributed by atoms with Gasteiger partial charge in [0.2, 0.25) is 0 Å². The second-order valence-electron chi connectivity index (χ2n) is 8.11. The Morgan fingerprint density at radius 3 is 2.53 bits per heavy atom. The molecule has 2 aliphatic rings. The second-order valence-corrected chi connectivity index (χ2v) is 8.11. The molecule has 2 N–H and O–H groups in total. The average Bonchev–Trinajstić information content (AvgIpc) is 3.49. The number of ether oxygens (including phenoxy) is 2. The number of fused-ring (bicyclic) bond motifs is 1. The van der Waals surface area contributed by atoms with Gasteiger partial charge in [-0.05, 0) is 43.2 Å². The summed E-state index contributed by atoms with van der Waals surface area (Å²) in [4.78, 5) is 15.4. The molecule has 0 unspecified atom stereocenters. The molecular formula is C24H26N4O4. The molecule has 8 heteroatoms. The number of hydrogen-bond acceptors (Lipinski definition) is 7. The van der Waals surface area contributed by atoms with Crippen molar-refractivity contribution >= 4 is 11.4 Å². The summed E-state index contributed by atoms with van der Waals surface area (Å²) in [5.41, 5.74) is 4.51. The van der Waals surface area contributed by atoms with Crippen LogP contribution in [0.1, 0.15) is 12.0 Å². The van der Waals surface area contributed by atoms with Crippen molar-refractivity contribution in [1.82, 2.24) is 9.78 Å². The van der Waals surface area contributed by atoms with Gasteiger partial charge in [-0.1, -0.05) is 6.07 Å². The first-order chi connectivity index (χ1) is 15.6. The van der Waals surface area contributed by atoms with E-state index in [0.717, 1.165) is 41.9 Å². The summed E-state index contributed by atoms with van der Waals surface area (Å²) in [5.74, 6) is 1.32. The summed E-state index contributed by atoms with van der Waals surface area (Å²) in [6, 6.07) is 13.3. The molecule has 166 valence electrons. The molecule has 1 atom stereocenters. The van der Waals surface area contributed by atoms with Gasteiger partial charge < -0.3 is 24.8 Å². The summed E-state index contributed by atoms with van der Waals surface area (Å²) >= 11 is 0. The van der Waals surface area contributed by atoms with Crippen molar-refractivity contribution in [2.75, 3.05) is 44.1 Å². The molecule has 2 aliphatic heterocycles. The third-order valence-corrected chi connectivity index (χ3v) is 6.10. The largest absolute Gasteiger partial charge is 0.497 e. The van der Waals surface area contributed by atoms with Crippen LogP contribution < -0.4 is 25.2 Å². The maximum absolute atomic E-state index is 13.3. The standard InChI is InChI=1S/C24H26N4O4/c1-31-19-10-15(11-20(13-19)32-2)22-21-6-8-25-23(21)24(30)28(26-22)17-5-3-4-16(12-17)27-9-7-18(29)14-27/h3-5,10-13,18,25,29H,6-9,14H2,1-2H3/t18-/m0/s1. The molecule has 0 bridgehead atoms. The van der Waals surface area contributed by atoms with E-state index in [1.807, 2.05) is 42.5 Å². The lowest BCUT2D eigenvalue weighted by molar-refractivity contribution is 0.198. The Balaban J connectivity index is 1.65. The van der Waals surface area contributed by atoms with Gasteiger partial charge in [0.25, 0.3) is 5.56 Å². The summed E-state index contributed by atoms with van der Waals surface area (Å²) in [6.07, 6.45) is 1.14.